The van der Waals surface area contributed by atoms with E-state index in [2.05, 4.69) is 29.6 Å². The van der Waals surface area contributed by atoms with Crippen molar-refractivity contribution in [1.29, 1.82) is 0 Å². The second-order valence-electron chi connectivity index (χ2n) is 4.78. The van der Waals surface area contributed by atoms with Gasteiger partial charge < -0.3 is 5.32 Å². The van der Waals surface area contributed by atoms with Crippen LogP contribution < -0.4 is 5.32 Å². The number of carbonyl (C=O) groups excluding carboxylic acids is 1. The maximum absolute atomic E-state index is 12.1. The molecule has 0 fully saturated rings. The van der Waals surface area contributed by atoms with Crippen molar-refractivity contribution >= 4 is 28.0 Å². The van der Waals surface area contributed by atoms with Crippen LogP contribution in [-0.4, -0.2) is 5.91 Å². The lowest BCUT2D eigenvalue weighted by Crippen LogP contribution is -2.26. The maximum atomic E-state index is 12.1. The van der Waals surface area contributed by atoms with Crippen LogP contribution in [0.3, 0.4) is 0 Å². The van der Waals surface area contributed by atoms with Gasteiger partial charge in [0.1, 0.15) is 0 Å². The van der Waals surface area contributed by atoms with E-state index in [0.29, 0.717) is 0 Å². The van der Waals surface area contributed by atoms with E-state index in [1.807, 2.05) is 41.9 Å². The minimum Gasteiger partial charge on any atom is -0.345 e. The summed E-state index contributed by atoms with van der Waals surface area (Å²) in [5, 5.41) is 9.22. The van der Waals surface area contributed by atoms with Crippen LogP contribution in [0, 0.1) is 0 Å². The second kappa shape index (κ2) is 5.47. The minimum absolute atomic E-state index is 0.0199. The van der Waals surface area contributed by atoms with Gasteiger partial charge in [-0.3, -0.25) is 4.79 Å². The lowest BCUT2D eigenvalue weighted by molar-refractivity contribution is 0.0940. The average molecular weight is 281 g/mol. The molecule has 20 heavy (non-hydrogen) atoms. The van der Waals surface area contributed by atoms with Crippen molar-refractivity contribution in [2.75, 3.05) is 0 Å². The number of rotatable bonds is 3. The van der Waals surface area contributed by atoms with Crippen LogP contribution >= 0.6 is 11.3 Å². The van der Waals surface area contributed by atoms with E-state index in [4.69, 9.17) is 0 Å². The summed E-state index contributed by atoms with van der Waals surface area (Å²) in [4.78, 5) is 12.1. The Balaban J connectivity index is 1.89. The number of carbonyl (C=O) groups is 1. The molecule has 3 heteroatoms. The molecule has 0 aliphatic carbocycles. The number of fused-ring (bicyclic) bond motifs is 1. The summed E-state index contributed by atoms with van der Waals surface area (Å²) in [5.74, 6) is -0.0216. The summed E-state index contributed by atoms with van der Waals surface area (Å²) in [6, 6.07) is 16.3. The fourth-order valence-electron chi connectivity index (χ4n) is 2.38. The van der Waals surface area contributed by atoms with Crippen molar-refractivity contribution in [2.24, 2.45) is 0 Å². The van der Waals surface area contributed by atoms with Crippen LogP contribution in [0.2, 0.25) is 0 Å². The smallest absolute Gasteiger partial charge is 0.252 e. The van der Waals surface area contributed by atoms with Gasteiger partial charge in [0, 0.05) is 5.38 Å². The number of hydrogen-bond donors (Lipinski definition) is 1. The Kier molecular flexibility index (Phi) is 3.52. The fourth-order valence-corrected chi connectivity index (χ4v) is 3.02. The highest BCUT2D eigenvalue weighted by Gasteiger charge is 2.13. The Morgan fingerprint density at radius 3 is 2.70 bits per heavy atom. The topological polar surface area (TPSA) is 29.1 Å². The normalized spacial score (nSPS) is 12.2. The Morgan fingerprint density at radius 1 is 1.10 bits per heavy atom. The van der Waals surface area contributed by atoms with Crippen LogP contribution in [0.5, 0.6) is 0 Å². The first-order valence-electron chi connectivity index (χ1n) is 6.56. The molecule has 1 unspecified atom stereocenters. The number of nitrogens with one attached hydrogen (secondary N) is 1. The van der Waals surface area contributed by atoms with Crippen LogP contribution in [-0.2, 0) is 0 Å². The number of hydrogen-bond acceptors (Lipinski definition) is 2. The summed E-state index contributed by atoms with van der Waals surface area (Å²) in [5.41, 5.74) is 1.87. The molecule has 0 aliphatic rings. The van der Waals surface area contributed by atoms with Gasteiger partial charge in [0.25, 0.3) is 5.91 Å². The quantitative estimate of drug-likeness (QED) is 0.758. The molecule has 3 rings (SSSR count). The third-order valence-electron chi connectivity index (χ3n) is 3.42. The minimum atomic E-state index is -0.0216. The maximum Gasteiger partial charge on any atom is 0.252 e. The molecule has 0 aliphatic heterocycles. The molecule has 0 bridgehead atoms. The summed E-state index contributed by atoms with van der Waals surface area (Å²) in [6.07, 6.45) is 0. The predicted molar refractivity (Wildman–Crippen MR) is 84.1 cm³/mol. The number of amides is 1. The molecular weight excluding hydrogens is 266 g/mol. The van der Waals surface area contributed by atoms with Gasteiger partial charge in [0.05, 0.1) is 11.6 Å². The van der Waals surface area contributed by atoms with Crippen molar-refractivity contribution in [1.82, 2.24) is 5.32 Å². The lowest BCUT2D eigenvalue weighted by Gasteiger charge is -2.16. The Bertz CT molecular complexity index is 728. The molecule has 0 radical (unpaired) electrons. The average Bonchev–Trinajstić information content (AvgIpc) is 3.01. The molecule has 1 N–H and O–H groups in total. The number of benzene rings is 2. The van der Waals surface area contributed by atoms with Crippen LogP contribution in [0.1, 0.15) is 28.9 Å². The SMILES string of the molecule is CC(NC(=O)c1ccsc1)c1cccc2ccccc12. The lowest BCUT2D eigenvalue weighted by atomic mass is 9.99. The summed E-state index contributed by atoms with van der Waals surface area (Å²) < 4.78 is 0. The van der Waals surface area contributed by atoms with E-state index < -0.39 is 0 Å². The summed E-state index contributed by atoms with van der Waals surface area (Å²) >= 11 is 1.53. The van der Waals surface area contributed by atoms with Gasteiger partial charge in [-0.2, -0.15) is 11.3 Å². The molecule has 2 aromatic carbocycles. The van der Waals surface area contributed by atoms with Crippen molar-refractivity contribution in [3.05, 3.63) is 70.4 Å². The Labute approximate surface area is 122 Å². The van der Waals surface area contributed by atoms with Gasteiger partial charge in [-0.15, -0.1) is 0 Å². The highest BCUT2D eigenvalue weighted by atomic mass is 32.1. The zero-order valence-corrected chi connectivity index (χ0v) is 12.0. The van der Waals surface area contributed by atoms with Gasteiger partial charge in [-0.05, 0) is 34.7 Å². The molecule has 3 aromatic rings. The Hall–Kier alpha value is -2.13. The molecule has 2 nitrogen and oxygen atoms in total. The van der Waals surface area contributed by atoms with E-state index in [9.17, 15) is 4.79 Å². The monoisotopic (exact) mass is 281 g/mol. The zero-order chi connectivity index (χ0) is 13.9. The third-order valence-corrected chi connectivity index (χ3v) is 4.10. The van der Waals surface area contributed by atoms with Gasteiger partial charge >= 0.3 is 0 Å². The second-order valence-corrected chi connectivity index (χ2v) is 5.56. The van der Waals surface area contributed by atoms with E-state index >= 15 is 0 Å². The zero-order valence-electron chi connectivity index (χ0n) is 11.2. The predicted octanol–water partition coefficient (Wildman–Crippen LogP) is 4.39. The van der Waals surface area contributed by atoms with E-state index in [1.54, 1.807) is 0 Å². The van der Waals surface area contributed by atoms with Gasteiger partial charge in [0.15, 0.2) is 0 Å². The van der Waals surface area contributed by atoms with Gasteiger partial charge in [-0.25, -0.2) is 0 Å². The highest BCUT2D eigenvalue weighted by Crippen LogP contribution is 2.24. The largest absolute Gasteiger partial charge is 0.345 e. The van der Waals surface area contributed by atoms with E-state index in [1.165, 1.54) is 22.1 Å². The third kappa shape index (κ3) is 2.45. The molecule has 0 saturated heterocycles. The van der Waals surface area contributed by atoms with E-state index in [-0.39, 0.29) is 11.9 Å². The molecule has 100 valence electrons. The Morgan fingerprint density at radius 2 is 1.90 bits per heavy atom. The van der Waals surface area contributed by atoms with Crippen LogP contribution in [0.15, 0.2) is 59.3 Å². The van der Waals surface area contributed by atoms with Crippen LogP contribution in [0.25, 0.3) is 10.8 Å². The van der Waals surface area contributed by atoms with Crippen molar-refractivity contribution in [2.45, 2.75) is 13.0 Å². The first-order chi connectivity index (χ1) is 9.75. The molecule has 1 atom stereocenters. The van der Waals surface area contributed by atoms with Crippen LogP contribution in [0.4, 0.5) is 0 Å². The first kappa shape index (κ1) is 12.9. The summed E-state index contributed by atoms with van der Waals surface area (Å²) in [7, 11) is 0. The molecule has 1 heterocycles. The molecule has 1 amide bonds. The first-order valence-corrected chi connectivity index (χ1v) is 7.51. The van der Waals surface area contributed by atoms with Crippen molar-refractivity contribution < 1.29 is 4.79 Å². The standard InChI is InChI=1S/C17H15NOS/c1-12(18-17(19)14-9-10-20-11-14)15-8-4-6-13-5-2-3-7-16(13)15/h2-12H,1H3,(H,18,19). The highest BCUT2D eigenvalue weighted by molar-refractivity contribution is 7.08. The molecule has 0 saturated carbocycles. The summed E-state index contributed by atoms with van der Waals surface area (Å²) in [6.45, 7) is 2.02. The molecule has 0 spiro atoms. The molecular formula is C17H15NOS. The number of thiophene rings is 1. The van der Waals surface area contributed by atoms with E-state index in [0.717, 1.165) is 11.1 Å². The van der Waals surface area contributed by atoms with Crippen molar-refractivity contribution in [3.8, 4) is 0 Å². The molecule has 1 aromatic heterocycles. The van der Waals surface area contributed by atoms with Crippen molar-refractivity contribution in [3.63, 3.8) is 0 Å². The fraction of sp³-hybridized carbons (Fsp3) is 0.118. The van der Waals surface area contributed by atoms with Gasteiger partial charge in [-0.1, -0.05) is 42.5 Å². The van der Waals surface area contributed by atoms with Gasteiger partial charge in [0.2, 0.25) is 0 Å².